The second-order valence-electron chi connectivity index (χ2n) is 9.30. The topological polar surface area (TPSA) is 82.8 Å². The zero-order valence-corrected chi connectivity index (χ0v) is 20.6. The maximum absolute atomic E-state index is 15.1. The van der Waals surface area contributed by atoms with Crippen LogP contribution in [0.3, 0.4) is 0 Å². The normalized spacial score (nSPS) is 18.2. The molecule has 4 heterocycles. The molecule has 0 aliphatic carbocycles. The zero-order chi connectivity index (χ0) is 27.4. The first-order chi connectivity index (χ1) is 17.9. The number of alkyl halides is 3. The summed E-state index contributed by atoms with van der Waals surface area (Å²) in [4.78, 5) is 29.7. The van der Waals surface area contributed by atoms with Gasteiger partial charge in [-0.15, -0.1) is 0 Å². The summed E-state index contributed by atoms with van der Waals surface area (Å²) in [6.07, 6.45) is -2.83. The van der Waals surface area contributed by atoms with Crippen molar-refractivity contribution < 1.29 is 26.7 Å². The highest BCUT2D eigenvalue weighted by Gasteiger charge is 2.36. The third kappa shape index (κ3) is 4.75. The Bertz CT molecular complexity index is 1620. The number of rotatable bonds is 3. The largest absolute Gasteiger partial charge is 0.419 e. The molecule has 0 radical (unpaired) electrons. The minimum atomic E-state index is -5.06. The van der Waals surface area contributed by atoms with Gasteiger partial charge in [-0.05, 0) is 50.5 Å². The summed E-state index contributed by atoms with van der Waals surface area (Å²) < 4.78 is 76.4. The van der Waals surface area contributed by atoms with Crippen molar-refractivity contribution in [2.24, 2.45) is 7.05 Å². The smallest absolute Gasteiger partial charge is 0.373 e. The Kier molecular flexibility index (Phi) is 6.46. The van der Waals surface area contributed by atoms with Gasteiger partial charge in [0.25, 0.3) is 0 Å². The highest BCUT2D eigenvalue weighted by Crippen LogP contribution is 2.39. The molecular weight excluding hydrogens is 509 g/mol. The summed E-state index contributed by atoms with van der Waals surface area (Å²) in [5.41, 5.74) is -0.488. The van der Waals surface area contributed by atoms with E-state index in [0.29, 0.717) is 36.9 Å². The molecule has 3 aromatic heterocycles. The second kappa shape index (κ2) is 9.50. The summed E-state index contributed by atoms with van der Waals surface area (Å²) in [5.74, 6) is -2.94. The molecule has 0 saturated carbocycles. The minimum absolute atomic E-state index is 0.0524. The van der Waals surface area contributed by atoms with Crippen molar-refractivity contribution in [2.75, 3.05) is 6.61 Å². The lowest BCUT2D eigenvalue weighted by atomic mass is 9.91. The molecule has 0 bridgehead atoms. The van der Waals surface area contributed by atoms with Crippen molar-refractivity contribution in [1.82, 2.24) is 24.5 Å². The van der Waals surface area contributed by atoms with Gasteiger partial charge in [-0.1, -0.05) is 0 Å². The van der Waals surface area contributed by atoms with E-state index in [1.165, 1.54) is 10.6 Å². The van der Waals surface area contributed by atoms with E-state index in [4.69, 9.17) is 4.74 Å². The van der Waals surface area contributed by atoms with E-state index in [1.54, 1.807) is 33.2 Å². The van der Waals surface area contributed by atoms with Crippen molar-refractivity contribution in [3.05, 3.63) is 80.8 Å². The fourth-order valence-corrected chi connectivity index (χ4v) is 4.51. The molecule has 1 saturated heterocycles. The van der Waals surface area contributed by atoms with Gasteiger partial charge in [0.15, 0.2) is 5.65 Å². The molecule has 4 aromatic rings. The van der Waals surface area contributed by atoms with Gasteiger partial charge >= 0.3 is 6.18 Å². The molecule has 0 amide bonds. The van der Waals surface area contributed by atoms with Crippen LogP contribution >= 0.6 is 0 Å². The average Bonchev–Trinajstić information content (AvgIpc) is 2.86. The molecule has 38 heavy (non-hydrogen) atoms. The third-order valence-electron chi connectivity index (χ3n) is 6.71. The number of fused-ring (bicyclic) bond motifs is 1. The van der Waals surface area contributed by atoms with Gasteiger partial charge in [-0.2, -0.15) is 13.2 Å². The number of aryl methyl sites for hydroxylation is 3. The Balaban J connectivity index is 1.63. The maximum Gasteiger partial charge on any atom is 0.419 e. The van der Waals surface area contributed by atoms with Gasteiger partial charge in [0.05, 0.1) is 23.1 Å². The Morgan fingerprint density at radius 1 is 1.00 bits per heavy atom. The maximum atomic E-state index is 15.1. The molecule has 198 valence electrons. The number of hydrogen-bond acceptors (Lipinski definition) is 6. The van der Waals surface area contributed by atoms with E-state index in [9.17, 15) is 22.4 Å². The molecule has 1 aromatic carbocycles. The van der Waals surface area contributed by atoms with E-state index >= 15 is 4.39 Å². The van der Waals surface area contributed by atoms with E-state index < -0.39 is 28.9 Å². The molecule has 1 aliphatic rings. The van der Waals surface area contributed by atoms with Crippen molar-refractivity contribution in [2.45, 2.75) is 44.9 Å². The predicted molar refractivity (Wildman–Crippen MR) is 127 cm³/mol. The summed E-state index contributed by atoms with van der Waals surface area (Å²) in [6.45, 7) is 3.72. The van der Waals surface area contributed by atoms with Gasteiger partial charge in [0.1, 0.15) is 28.7 Å². The standard InChI is InChI=1S/C26H22F5N5O2/c1-12-13(2)33-25-23(32-12)22(16-9-19(28)17(10-18(16)27)26(29,30)31)34-24(35-25)14-6-7-38-20(8-14)15-4-5-21(37)36(3)11-15/h4-5,9-11,14,20H,6-8H2,1-3H3/t14-,20+/m1/s1. The highest BCUT2D eigenvalue weighted by atomic mass is 19.4. The zero-order valence-electron chi connectivity index (χ0n) is 20.6. The van der Waals surface area contributed by atoms with E-state index in [-0.39, 0.29) is 46.3 Å². The van der Waals surface area contributed by atoms with Crippen LogP contribution in [0.4, 0.5) is 22.0 Å². The number of benzene rings is 1. The first-order valence-corrected chi connectivity index (χ1v) is 11.8. The molecule has 1 fully saturated rings. The molecule has 7 nitrogen and oxygen atoms in total. The number of ether oxygens (including phenoxy) is 1. The van der Waals surface area contributed by atoms with Crippen molar-refractivity contribution in [3.63, 3.8) is 0 Å². The van der Waals surface area contributed by atoms with Crippen LogP contribution < -0.4 is 5.56 Å². The third-order valence-corrected chi connectivity index (χ3v) is 6.71. The molecule has 2 atom stereocenters. The van der Waals surface area contributed by atoms with E-state index in [2.05, 4.69) is 19.9 Å². The van der Waals surface area contributed by atoms with Gasteiger partial charge in [0, 0.05) is 37.4 Å². The van der Waals surface area contributed by atoms with Crippen LogP contribution in [0.2, 0.25) is 0 Å². The summed E-state index contributed by atoms with van der Waals surface area (Å²) in [6, 6.07) is 3.73. The van der Waals surface area contributed by atoms with Crippen LogP contribution in [0.15, 0.2) is 35.3 Å². The van der Waals surface area contributed by atoms with Crippen LogP contribution in [0.25, 0.3) is 22.4 Å². The molecule has 5 rings (SSSR count). The Morgan fingerprint density at radius 3 is 2.45 bits per heavy atom. The van der Waals surface area contributed by atoms with Gasteiger partial charge < -0.3 is 9.30 Å². The van der Waals surface area contributed by atoms with Gasteiger partial charge in [-0.3, -0.25) is 4.79 Å². The Labute approximate surface area is 213 Å². The Morgan fingerprint density at radius 2 is 1.74 bits per heavy atom. The lowest BCUT2D eigenvalue weighted by Gasteiger charge is -2.29. The molecule has 12 heteroatoms. The summed E-state index contributed by atoms with van der Waals surface area (Å²) in [5, 5.41) is 0. The average molecular weight is 531 g/mol. The number of halogens is 5. The monoisotopic (exact) mass is 531 g/mol. The van der Waals surface area contributed by atoms with E-state index in [1.807, 2.05) is 0 Å². The molecular formula is C26H22F5N5O2. The van der Waals surface area contributed by atoms with Crippen LogP contribution in [0.1, 0.15) is 53.2 Å². The fraction of sp³-hybridized carbons (Fsp3) is 0.346. The first kappa shape index (κ1) is 25.8. The molecule has 1 aliphatic heterocycles. The van der Waals surface area contributed by atoms with Crippen LogP contribution in [0, 0.1) is 25.5 Å². The Hall–Kier alpha value is -3.80. The van der Waals surface area contributed by atoms with Gasteiger partial charge in [-0.25, -0.2) is 28.7 Å². The first-order valence-electron chi connectivity index (χ1n) is 11.8. The number of pyridine rings is 1. The van der Waals surface area contributed by atoms with Crippen LogP contribution in [-0.4, -0.2) is 31.1 Å². The highest BCUT2D eigenvalue weighted by molar-refractivity contribution is 5.87. The number of hydrogen-bond donors (Lipinski definition) is 0. The minimum Gasteiger partial charge on any atom is -0.373 e. The lowest BCUT2D eigenvalue weighted by Crippen LogP contribution is -2.23. The number of nitrogens with zero attached hydrogens (tertiary/aromatic N) is 5. The molecule has 0 spiro atoms. The fourth-order valence-electron chi connectivity index (χ4n) is 4.51. The molecule has 0 N–H and O–H groups in total. The van der Waals surface area contributed by atoms with Crippen LogP contribution in [-0.2, 0) is 18.0 Å². The lowest BCUT2D eigenvalue weighted by molar-refractivity contribution is -0.140. The summed E-state index contributed by atoms with van der Waals surface area (Å²) in [7, 11) is 1.63. The quantitative estimate of drug-likeness (QED) is 0.332. The van der Waals surface area contributed by atoms with Gasteiger partial charge in [0.2, 0.25) is 5.56 Å². The van der Waals surface area contributed by atoms with Crippen LogP contribution in [0.5, 0.6) is 0 Å². The van der Waals surface area contributed by atoms with Crippen molar-refractivity contribution in [1.29, 1.82) is 0 Å². The van der Waals surface area contributed by atoms with E-state index in [0.717, 1.165) is 5.56 Å². The predicted octanol–water partition coefficient (Wildman–Crippen LogP) is 5.33. The molecule has 0 unspecified atom stereocenters. The second-order valence-corrected chi connectivity index (χ2v) is 9.30. The summed E-state index contributed by atoms with van der Waals surface area (Å²) >= 11 is 0. The van der Waals surface area contributed by atoms with Crippen molar-refractivity contribution in [3.8, 4) is 11.3 Å². The number of aromatic nitrogens is 5. The van der Waals surface area contributed by atoms with Crippen molar-refractivity contribution >= 4 is 11.2 Å². The SMILES string of the molecule is Cc1nc2nc([C@@H]3CCO[C@H](c4ccc(=O)n(C)c4)C3)nc(-c3cc(F)c(C(F)(F)F)cc3F)c2nc1C.